The minimum atomic E-state index is -0.966. The summed E-state index contributed by atoms with van der Waals surface area (Å²) < 4.78 is 4.95. The van der Waals surface area contributed by atoms with Gasteiger partial charge in [0.2, 0.25) is 0 Å². The number of carbonyl (C=O) groups excluding carboxylic acids is 1. The van der Waals surface area contributed by atoms with Gasteiger partial charge in [-0.25, -0.2) is 4.79 Å². The number of rotatable bonds is 7. The van der Waals surface area contributed by atoms with Crippen LogP contribution >= 0.6 is 0 Å². The standard InChI is InChI=1S/C16H22N2O4/c1-3-22-16(21)13-8-10-4-5-11(9-12(10)18-13)15(20)14(19)6-7-17-2/h4-5,8-9,14-15,17-20H,3,6-7H2,1-2H3. The van der Waals surface area contributed by atoms with E-state index in [4.69, 9.17) is 4.74 Å². The van der Waals surface area contributed by atoms with Crippen LogP contribution in [0.25, 0.3) is 10.9 Å². The monoisotopic (exact) mass is 306 g/mol. The van der Waals surface area contributed by atoms with Crippen LogP contribution in [-0.2, 0) is 4.74 Å². The third-order valence-corrected chi connectivity index (χ3v) is 3.54. The summed E-state index contributed by atoms with van der Waals surface area (Å²) in [5.74, 6) is -0.408. The number of nitrogens with one attached hydrogen (secondary N) is 2. The molecule has 0 fully saturated rings. The van der Waals surface area contributed by atoms with Gasteiger partial charge < -0.3 is 25.3 Å². The van der Waals surface area contributed by atoms with Crippen molar-refractivity contribution in [2.24, 2.45) is 0 Å². The number of aromatic nitrogens is 1. The molecule has 1 aromatic carbocycles. The second kappa shape index (κ2) is 7.40. The molecule has 4 N–H and O–H groups in total. The average molecular weight is 306 g/mol. The van der Waals surface area contributed by atoms with E-state index in [1.807, 2.05) is 0 Å². The fourth-order valence-electron chi connectivity index (χ4n) is 2.32. The highest BCUT2D eigenvalue weighted by molar-refractivity contribution is 5.94. The number of fused-ring (bicyclic) bond motifs is 1. The predicted molar refractivity (Wildman–Crippen MR) is 83.8 cm³/mol. The number of hydrogen-bond donors (Lipinski definition) is 4. The Labute approximate surface area is 129 Å². The first-order valence-electron chi connectivity index (χ1n) is 7.37. The second-order valence-corrected chi connectivity index (χ2v) is 5.15. The Kier molecular flexibility index (Phi) is 5.54. The third-order valence-electron chi connectivity index (χ3n) is 3.54. The minimum absolute atomic E-state index is 0.315. The molecule has 1 heterocycles. The number of aromatic amines is 1. The molecule has 120 valence electrons. The lowest BCUT2D eigenvalue weighted by Crippen LogP contribution is -2.23. The molecule has 1 aromatic heterocycles. The number of aliphatic hydroxyl groups excluding tert-OH is 2. The van der Waals surface area contributed by atoms with E-state index in [1.54, 1.807) is 38.2 Å². The van der Waals surface area contributed by atoms with Crippen LogP contribution in [0, 0.1) is 0 Å². The molecule has 0 aliphatic carbocycles. The lowest BCUT2D eigenvalue weighted by molar-refractivity contribution is 0.0141. The summed E-state index contributed by atoms with van der Waals surface area (Å²) in [5.41, 5.74) is 1.70. The Morgan fingerprint density at radius 2 is 2.14 bits per heavy atom. The van der Waals surface area contributed by atoms with Crippen LogP contribution in [0.3, 0.4) is 0 Å². The normalized spacial score (nSPS) is 14.0. The van der Waals surface area contributed by atoms with E-state index in [0.717, 1.165) is 10.9 Å². The Balaban J connectivity index is 2.21. The molecular weight excluding hydrogens is 284 g/mol. The minimum Gasteiger partial charge on any atom is -0.461 e. The first kappa shape index (κ1) is 16.5. The molecule has 2 atom stereocenters. The van der Waals surface area contributed by atoms with E-state index in [2.05, 4.69) is 10.3 Å². The number of aliphatic hydroxyl groups is 2. The second-order valence-electron chi connectivity index (χ2n) is 5.15. The summed E-state index contributed by atoms with van der Waals surface area (Å²) in [6, 6.07) is 7.00. The van der Waals surface area contributed by atoms with Crippen molar-refractivity contribution in [2.45, 2.75) is 25.6 Å². The van der Waals surface area contributed by atoms with Gasteiger partial charge in [-0.1, -0.05) is 12.1 Å². The molecule has 0 bridgehead atoms. The van der Waals surface area contributed by atoms with Gasteiger partial charge in [0.1, 0.15) is 11.8 Å². The van der Waals surface area contributed by atoms with Crippen molar-refractivity contribution in [1.82, 2.24) is 10.3 Å². The molecule has 0 amide bonds. The van der Waals surface area contributed by atoms with Gasteiger partial charge in [0, 0.05) is 10.9 Å². The summed E-state index contributed by atoms with van der Waals surface area (Å²) in [7, 11) is 1.79. The van der Waals surface area contributed by atoms with Gasteiger partial charge in [-0.2, -0.15) is 0 Å². The fourth-order valence-corrected chi connectivity index (χ4v) is 2.32. The smallest absolute Gasteiger partial charge is 0.354 e. The Bertz CT molecular complexity index is 638. The van der Waals surface area contributed by atoms with E-state index in [1.165, 1.54) is 0 Å². The lowest BCUT2D eigenvalue weighted by atomic mass is 10.0. The van der Waals surface area contributed by atoms with Crippen molar-refractivity contribution >= 4 is 16.9 Å². The highest BCUT2D eigenvalue weighted by atomic mass is 16.5. The lowest BCUT2D eigenvalue weighted by Gasteiger charge is -2.18. The summed E-state index contributed by atoms with van der Waals surface area (Å²) in [4.78, 5) is 14.7. The van der Waals surface area contributed by atoms with Crippen molar-refractivity contribution in [3.8, 4) is 0 Å². The van der Waals surface area contributed by atoms with Crippen molar-refractivity contribution in [1.29, 1.82) is 0 Å². The Morgan fingerprint density at radius 3 is 2.82 bits per heavy atom. The maximum absolute atomic E-state index is 11.7. The molecule has 0 aliphatic heterocycles. The van der Waals surface area contributed by atoms with E-state index >= 15 is 0 Å². The van der Waals surface area contributed by atoms with Crippen LogP contribution in [0.15, 0.2) is 24.3 Å². The summed E-state index contributed by atoms with van der Waals surface area (Å²) in [6.07, 6.45) is -1.36. The van der Waals surface area contributed by atoms with Crippen molar-refractivity contribution < 1.29 is 19.7 Å². The molecule has 0 saturated heterocycles. The Morgan fingerprint density at radius 1 is 1.36 bits per heavy atom. The van der Waals surface area contributed by atoms with Gasteiger partial charge in [-0.15, -0.1) is 0 Å². The molecule has 6 nitrogen and oxygen atoms in total. The molecule has 2 rings (SSSR count). The van der Waals surface area contributed by atoms with E-state index in [0.29, 0.717) is 30.8 Å². The largest absolute Gasteiger partial charge is 0.461 e. The first-order valence-corrected chi connectivity index (χ1v) is 7.37. The molecular formula is C16H22N2O4. The van der Waals surface area contributed by atoms with Crippen LogP contribution in [0.2, 0.25) is 0 Å². The van der Waals surface area contributed by atoms with E-state index in [-0.39, 0.29) is 0 Å². The van der Waals surface area contributed by atoms with Crippen LogP contribution in [0.5, 0.6) is 0 Å². The molecule has 0 aliphatic rings. The molecule has 2 unspecified atom stereocenters. The fraction of sp³-hybridized carbons (Fsp3) is 0.438. The zero-order valence-electron chi connectivity index (χ0n) is 12.8. The average Bonchev–Trinajstić information content (AvgIpc) is 2.95. The van der Waals surface area contributed by atoms with Gasteiger partial charge in [-0.3, -0.25) is 0 Å². The molecule has 0 saturated carbocycles. The number of benzene rings is 1. The summed E-state index contributed by atoms with van der Waals surface area (Å²) in [6.45, 7) is 2.69. The Hall–Kier alpha value is -1.89. The predicted octanol–water partition coefficient (Wildman–Crippen LogP) is 1.35. The molecule has 0 radical (unpaired) electrons. The maximum atomic E-state index is 11.7. The van der Waals surface area contributed by atoms with Gasteiger partial charge in [0.05, 0.1) is 12.7 Å². The number of esters is 1. The van der Waals surface area contributed by atoms with Gasteiger partial charge in [0.25, 0.3) is 0 Å². The quantitative estimate of drug-likeness (QED) is 0.579. The zero-order chi connectivity index (χ0) is 16.1. The summed E-state index contributed by atoms with van der Waals surface area (Å²) in [5, 5.41) is 23.9. The van der Waals surface area contributed by atoms with Gasteiger partial charge in [0.15, 0.2) is 0 Å². The van der Waals surface area contributed by atoms with Crippen molar-refractivity contribution in [3.05, 3.63) is 35.5 Å². The maximum Gasteiger partial charge on any atom is 0.354 e. The number of carbonyl (C=O) groups is 1. The molecule has 22 heavy (non-hydrogen) atoms. The van der Waals surface area contributed by atoms with Gasteiger partial charge >= 0.3 is 5.97 Å². The zero-order valence-corrected chi connectivity index (χ0v) is 12.8. The topological polar surface area (TPSA) is 94.6 Å². The van der Waals surface area contributed by atoms with Crippen molar-refractivity contribution in [3.63, 3.8) is 0 Å². The van der Waals surface area contributed by atoms with Crippen LogP contribution in [0.4, 0.5) is 0 Å². The van der Waals surface area contributed by atoms with Gasteiger partial charge in [-0.05, 0) is 44.6 Å². The third kappa shape index (κ3) is 3.65. The molecule has 2 aromatic rings. The van der Waals surface area contributed by atoms with Crippen LogP contribution in [-0.4, -0.2) is 47.5 Å². The van der Waals surface area contributed by atoms with E-state index < -0.39 is 18.2 Å². The first-order chi connectivity index (χ1) is 10.6. The highest BCUT2D eigenvalue weighted by Crippen LogP contribution is 2.24. The number of H-pyrrole nitrogens is 1. The molecule has 6 heteroatoms. The summed E-state index contributed by atoms with van der Waals surface area (Å²) >= 11 is 0. The number of hydrogen-bond acceptors (Lipinski definition) is 5. The van der Waals surface area contributed by atoms with Crippen molar-refractivity contribution in [2.75, 3.05) is 20.2 Å². The highest BCUT2D eigenvalue weighted by Gasteiger charge is 2.19. The van der Waals surface area contributed by atoms with Crippen LogP contribution < -0.4 is 5.32 Å². The van der Waals surface area contributed by atoms with Crippen LogP contribution in [0.1, 0.15) is 35.5 Å². The SMILES string of the molecule is CCOC(=O)c1cc2ccc(C(O)C(O)CCNC)cc2[nH]1. The number of ether oxygens (including phenoxy) is 1. The van der Waals surface area contributed by atoms with E-state index in [9.17, 15) is 15.0 Å². The molecule has 0 spiro atoms.